The summed E-state index contributed by atoms with van der Waals surface area (Å²) in [7, 11) is 0. The Morgan fingerprint density at radius 2 is 2.06 bits per heavy atom. The van der Waals surface area contributed by atoms with Gasteiger partial charge >= 0.3 is 0 Å². The second kappa shape index (κ2) is 3.89. The first kappa shape index (κ1) is 10.4. The van der Waals surface area contributed by atoms with Gasteiger partial charge in [-0.3, -0.25) is 0 Å². The zero-order chi connectivity index (χ0) is 11.8. The van der Waals surface area contributed by atoms with Crippen molar-refractivity contribution < 1.29 is 4.39 Å². The summed E-state index contributed by atoms with van der Waals surface area (Å²) in [6.45, 7) is 1.94. The Balaban J connectivity index is 2.30. The van der Waals surface area contributed by atoms with Crippen LogP contribution in [0.5, 0.6) is 0 Å². The monoisotopic (exact) mass is 244 g/mol. The first-order valence-corrected chi connectivity index (χ1v) is 6.06. The molecule has 0 saturated heterocycles. The van der Waals surface area contributed by atoms with Crippen LogP contribution >= 0.6 is 11.5 Å². The Labute approximate surface area is 102 Å². The highest BCUT2D eigenvalue weighted by molar-refractivity contribution is 7.04. The van der Waals surface area contributed by atoms with Crippen LogP contribution in [0.3, 0.4) is 0 Å². The van der Waals surface area contributed by atoms with Gasteiger partial charge in [0.1, 0.15) is 5.82 Å². The van der Waals surface area contributed by atoms with Gasteiger partial charge in [0.15, 0.2) is 5.65 Å². The van der Waals surface area contributed by atoms with Crippen LogP contribution in [0.4, 0.5) is 4.39 Å². The van der Waals surface area contributed by atoms with Crippen molar-refractivity contribution in [2.24, 2.45) is 0 Å². The minimum atomic E-state index is -0.252. The van der Waals surface area contributed by atoms with Crippen molar-refractivity contribution in [1.29, 1.82) is 0 Å². The third-order valence-corrected chi connectivity index (χ3v) is 3.31. The van der Waals surface area contributed by atoms with Gasteiger partial charge in [0.05, 0.1) is 5.69 Å². The summed E-state index contributed by atoms with van der Waals surface area (Å²) in [6, 6.07) is 8.67. The minimum Gasteiger partial charge on any atom is -0.227 e. The lowest BCUT2D eigenvalue weighted by molar-refractivity contribution is 0.630. The zero-order valence-corrected chi connectivity index (χ0v) is 9.96. The Bertz CT molecular complexity index is 691. The number of aryl methyl sites for hydroxylation is 1. The fourth-order valence-corrected chi connectivity index (χ4v) is 2.43. The SMILES string of the molecule is Cc1cc2csnc2nc1-c1ccccc1F. The second-order valence-electron chi connectivity index (χ2n) is 3.86. The predicted molar refractivity (Wildman–Crippen MR) is 67.5 cm³/mol. The van der Waals surface area contributed by atoms with Gasteiger partial charge in [0.2, 0.25) is 0 Å². The van der Waals surface area contributed by atoms with Crippen LogP contribution in [-0.2, 0) is 0 Å². The lowest BCUT2D eigenvalue weighted by atomic mass is 10.1. The number of nitrogens with zero attached hydrogens (tertiary/aromatic N) is 2. The molecular formula is C13H9FN2S. The average Bonchev–Trinajstić information content (AvgIpc) is 2.76. The summed E-state index contributed by atoms with van der Waals surface area (Å²) < 4.78 is 17.9. The molecule has 0 spiro atoms. The van der Waals surface area contributed by atoms with E-state index in [2.05, 4.69) is 9.36 Å². The van der Waals surface area contributed by atoms with Crippen LogP contribution in [0.2, 0.25) is 0 Å². The van der Waals surface area contributed by atoms with Crippen molar-refractivity contribution in [3.8, 4) is 11.3 Å². The number of benzene rings is 1. The van der Waals surface area contributed by atoms with Crippen molar-refractivity contribution in [3.05, 3.63) is 47.1 Å². The lowest BCUT2D eigenvalue weighted by Crippen LogP contribution is -1.92. The molecule has 2 nitrogen and oxygen atoms in total. The Morgan fingerprint density at radius 3 is 2.88 bits per heavy atom. The zero-order valence-electron chi connectivity index (χ0n) is 9.14. The molecule has 3 rings (SSSR count). The van der Waals surface area contributed by atoms with Gasteiger partial charge in [-0.15, -0.1) is 0 Å². The third kappa shape index (κ3) is 1.70. The maximum absolute atomic E-state index is 13.7. The lowest BCUT2D eigenvalue weighted by Gasteiger charge is -2.05. The van der Waals surface area contributed by atoms with Crippen LogP contribution in [0.1, 0.15) is 5.56 Å². The van der Waals surface area contributed by atoms with Crippen LogP contribution in [0, 0.1) is 12.7 Å². The van der Waals surface area contributed by atoms with Crippen molar-refractivity contribution >= 4 is 22.6 Å². The highest BCUT2D eigenvalue weighted by Crippen LogP contribution is 2.27. The number of rotatable bonds is 1. The van der Waals surface area contributed by atoms with Crippen molar-refractivity contribution in [2.45, 2.75) is 6.92 Å². The second-order valence-corrected chi connectivity index (χ2v) is 4.49. The number of halogens is 1. The average molecular weight is 244 g/mol. The van der Waals surface area contributed by atoms with Gasteiger partial charge in [-0.2, -0.15) is 4.37 Å². The molecule has 0 N–H and O–H groups in total. The largest absolute Gasteiger partial charge is 0.227 e. The third-order valence-electron chi connectivity index (χ3n) is 2.67. The fraction of sp³-hybridized carbons (Fsp3) is 0.0769. The van der Waals surface area contributed by atoms with Gasteiger partial charge in [-0.1, -0.05) is 12.1 Å². The molecule has 2 heterocycles. The first-order chi connectivity index (χ1) is 8.25. The summed E-state index contributed by atoms with van der Waals surface area (Å²) in [5.74, 6) is -0.252. The molecule has 0 aliphatic carbocycles. The molecule has 2 aromatic heterocycles. The van der Waals surface area contributed by atoms with E-state index in [9.17, 15) is 4.39 Å². The predicted octanol–water partition coefficient (Wildman–Crippen LogP) is 3.81. The molecule has 84 valence electrons. The van der Waals surface area contributed by atoms with E-state index in [1.165, 1.54) is 17.6 Å². The van der Waals surface area contributed by atoms with E-state index in [1.54, 1.807) is 12.1 Å². The number of aromatic nitrogens is 2. The molecule has 0 fully saturated rings. The summed E-state index contributed by atoms with van der Waals surface area (Å²) in [6.07, 6.45) is 0. The molecule has 0 aliphatic rings. The summed E-state index contributed by atoms with van der Waals surface area (Å²) >= 11 is 1.36. The molecule has 0 atom stereocenters. The van der Waals surface area contributed by atoms with Crippen LogP contribution in [0.15, 0.2) is 35.7 Å². The van der Waals surface area contributed by atoms with E-state index in [1.807, 2.05) is 24.4 Å². The van der Waals surface area contributed by atoms with Gasteiger partial charge in [-0.05, 0) is 42.2 Å². The van der Waals surface area contributed by atoms with Crippen molar-refractivity contribution in [2.75, 3.05) is 0 Å². The molecular weight excluding hydrogens is 235 g/mol. The number of hydrogen-bond acceptors (Lipinski definition) is 3. The maximum Gasteiger partial charge on any atom is 0.173 e. The van der Waals surface area contributed by atoms with E-state index in [0.29, 0.717) is 16.9 Å². The van der Waals surface area contributed by atoms with Gasteiger partial charge in [-0.25, -0.2) is 9.37 Å². The Kier molecular flexibility index (Phi) is 2.37. The molecule has 1 aromatic carbocycles. The van der Waals surface area contributed by atoms with E-state index < -0.39 is 0 Å². The van der Waals surface area contributed by atoms with Gasteiger partial charge in [0, 0.05) is 16.3 Å². The number of hydrogen-bond donors (Lipinski definition) is 0. The molecule has 17 heavy (non-hydrogen) atoms. The molecule has 0 unspecified atom stereocenters. The number of pyridine rings is 1. The maximum atomic E-state index is 13.7. The quantitative estimate of drug-likeness (QED) is 0.650. The Hall–Kier alpha value is -1.81. The van der Waals surface area contributed by atoms with Crippen LogP contribution in [0.25, 0.3) is 22.3 Å². The highest BCUT2D eigenvalue weighted by atomic mass is 32.1. The molecule has 0 aliphatic heterocycles. The molecule has 4 heteroatoms. The molecule has 3 aromatic rings. The first-order valence-electron chi connectivity index (χ1n) is 5.22. The van der Waals surface area contributed by atoms with Gasteiger partial charge < -0.3 is 0 Å². The normalized spacial score (nSPS) is 10.9. The summed E-state index contributed by atoms with van der Waals surface area (Å²) in [5, 5.41) is 2.95. The van der Waals surface area contributed by atoms with Gasteiger partial charge in [0.25, 0.3) is 0 Å². The smallest absolute Gasteiger partial charge is 0.173 e. The van der Waals surface area contributed by atoms with Crippen LogP contribution in [-0.4, -0.2) is 9.36 Å². The molecule has 0 saturated carbocycles. The van der Waals surface area contributed by atoms with Crippen molar-refractivity contribution in [1.82, 2.24) is 9.36 Å². The highest BCUT2D eigenvalue weighted by Gasteiger charge is 2.10. The minimum absolute atomic E-state index is 0.252. The molecule has 0 bridgehead atoms. The fourth-order valence-electron chi connectivity index (χ4n) is 1.84. The van der Waals surface area contributed by atoms with E-state index >= 15 is 0 Å². The molecule has 0 amide bonds. The van der Waals surface area contributed by atoms with E-state index in [0.717, 1.165) is 10.9 Å². The Morgan fingerprint density at radius 1 is 1.24 bits per heavy atom. The van der Waals surface area contributed by atoms with E-state index in [4.69, 9.17) is 0 Å². The van der Waals surface area contributed by atoms with Crippen molar-refractivity contribution in [3.63, 3.8) is 0 Å². The summed E-state index contributed by atoms with van der Waals surface area (Å²) in [4.78, 5) is 4.43. The summed E-state index contributed by atoms with van der Waals surface area (Å²) in [5.41, 5.74) is 2.84. The van der Waals surface area contributed by atoms with E-state index in [-0.39, 0.29) is 5.82 Å². The molecule has 0 radical (unpaired) electrons. The standard InChI is InChI=1S/C13H9FN2S/c1-8-6-9-7-17-16-13(9)15-12(8)10-4-2-3-5-11(10)14/h2-7H,1H3. The number of fused-ring (bicyclic) bond motifs is 1. The topological polar surface area (TPSA) is 25.8 Å². The van der Waals surface area contributed by atoms with Crippen LogP contribution < -0.4 is 0 Å².